The second-order valence-electron chi connectivity index (χ2n) is 9.71. The van der Waals surface area contributed by atoms with Gasteiger partial charge in [0.1, 0.15) is 11.6 Å². The van der Waals surface area contributed by atoms with Crippen LogP contribution in [0.3, 0.4) is 0 Å². The van der Waals surface area contributed by atoms with Crippen molar-refractivity contribution in [3.05, 3.63) is 85.1 Å². The van der Waals surface area contributed by atoms with E-state index >= 15 is 0 Å². The minimum atomic E-state index is 0.646. The van der Waals surface area contributed by atoms with E-state index in [0.29, 0.717) is 11.5 Å². The lowest BCUT2D eigenvalue weighted by Gasteiger charge is -2.29. The van der Waals surface area contributed by atoms with Crippen LogP contribution in [0.25, 0.3) is 33.5 Å². The average Bonchev–Trinajstić information content (AvgIpc) is 3.42. The number of nitrogens with zero attached hydrogens (tertiary/aromatic N) is 6. The first-order chi connectivity index (χ1) is 19.7. The average molecular weight is 530 g/mol. The van der Waals surface area contributed by atoms with E-state index in [9.17, 15) is 0 Å². The maximum absolute atomic E-state index is 5.51. The predicted molar refractivity (Wildman–Crippen MR) is 157 cm³/mol. The molecule has 6 aromatic rings. The molecule has 10 heteroatoms. The van der Waals surface area contributed by atoms with Crippen LogP contribution in [0.5, 0.6) is 0 Å². The Morgan fingerprint density at radius 1 is 0.825 bits per heavy atom. The monoisotopic (exact) mass is 529 g/mol. The molecule has 0 atom stereocenters. The third-order valence-electron chi connectivity index (χ3n) is 6.92. The molecule has 1 aliphatic rings. The molecule has 1 saturated heterocycles. The Labute approximate surface area is 230 Å². The zero-order chi connectivity index (χ0) is 26.9. The fourth-order valence-corrected chi connectivity index (χ4v) is 4.90. The smallest absolute Gasteiger partial charge is 0.178 e. The summed E-state index contributed by atoms with van der Waals surface area (Å²) in [5.74, 6) is 1.45. The fourth-order valence-electron chi connectivity index (χ4n) is 4.90. The summed E-state index contributed by atoms with van der Waals surface area (Å²) >= 11 is 0. The zero-order valence-electron chi connectivity index (χ0n) is 21.9. The SMILES string of the molecule is Cc1cc(Nc2cnc3nc(-c4ccc(Nc5ccnc6ccc(N7CCOCC7)cc56)nc4)[nH]c3c2)ccn1. The van der Waals surface area contributed by atoms with Crippen LogP contribution in [0.15, 0.2) is 79.4 Å². The molecule has 0 amide bonds. The third kappa shape index (κ3) is 4.87. The minimum Gasteiger partial charge on any atom is -0.378 e. The van der Waals surface area contributed by atoms with Crippen molar-refractivity contribution in [2.45, 2.75) is 6.92 Å². The van der Waals surface area contributed by atoms with Gasteiger partial charge in [0.05, 0.1) is 41.8 Å². The van der Waals surface area contributed by atoms with Gasteiger partial charge in [0.25, 0.3) is 0 Å². The number of anilines is 5. The normalized spacial score (nSPS) is 13.6. The predicted octanol–water partition coefficient (Wildman–Crippen LogP) is 5.60. The van der Waals surface area contributed by atoms with E-state index in [0.717, 1.165) is 76.9 Å². The number of hydrogen-bond donors (Lipinski definition) is 3. The number of fused-ring (bicyclic) bond motifs is 2. The van der Waals surface area contributed by atoms with Crippen molar-refractivity contribution in [1.82, 2.24) is 29.9 Å². The summed E-state index contributed by atoms with van der Waals surface area (Å²) in [6.45, 7) is 5.23. The number of ether oxygens (including phenoxy) is 1. The molecule has 0 unspecified atom stereocenters. The third-order valence-corrected chi connectivity index (χ3v) is 6.92. The first-order valence-corrected chi connectivity index (χ1v) is 13.2. The Balaban J connectivity index is 1.11. The van der Waals surface area contributed by atoms with Gasteiger partial charge in [0.15, 0.2) is 5.65 Å². The molecule has 0 radical (unpaired) electrons. The van der Waals surface area contributed by atoms with Crippen LogP contribution in [0.4, 0.5) is 28.6 Å². The second kappa shape index (κ2) is 10.2. The molecule has 1 aliphatic heterocycles. The van der Waals surface area contributed by atoms with Gasteiger partial charge in [0, 0.05) is 59.7 Å². The number of benzene rings is 1. The van der Waals surface area contributed by atoms with E-state index in [4.69, 9.17) is 4.74 Å². The van der Waals surface area contributed by atoms with Crippen LogP contribution in [0.2, 0.25) is 0 Å². The number of pyridine rings is 4. The van der Waals surface area contributed by atoms with Crippen molar-refractivity contribution < 1.29 is 4.74 Å². The molecular weight excluding hydrogens is 502 g/mol. The molecule has 198 valence electrons. The summed E-state index contributed by atoms with van der Waals surface area (Å²) in [5, 5.41) is 7.88. The molecule has 0 bridgehead atoms. The Morgan fingerprint density at radius 3 is 2.58 bits per heavy atom. The van der Waals surface area contributed by atoms with Gasteiger partial charge in [-0.2, -0.15) is 0 Å². The molecule has 1 fully saturated rings. The van der Waals surface area contributed by atoms with E-state index in [-0.39, 0.29) is 0 Å². The minimum absolute atomic E-state index is 0.646. The number of morpholine rings is 1. The van der Waals surface area contributed by atoms with Gasteiger partial charge in [-0.3, -0.25) is 9.97 Å². The maximum atomic E-state index is 5.51. The fraction of sp³-hybridized carbons (Fsp3) is 0.167. The Morgan fingerprint density at radius 2 is 1.73 bits per heavy atom. The van der Waals surface area contributed by atoms with Crippen molar-refractivity contribution >= 4 is 50.6 Å². The van der Waals surface area contributed by atoms with Crippen LogP contribution in [0, 0.1) is 6.92 Å². The van der Waals surface area contributed by atoms with Gasteiger partial charge >= 0.3 is 0 Å². The van der Waals surface area contributed by atoms with E-state index in [1.807, 2.05) is 55.7 Å². The number of nitrogens with one attached hydrogen (secondary N) is 3. The summed E-state index contributed by atoms with van der Waals surface area (Å²) in [6, 6.07) is 18.2. The summed E-state index contributed by atoms with van der Waals surface area (Å²) in [6.07, 6.45) is 7.18. The molecule has 3 N–H and O–H groups in total. The Kier molecular flexibility index (Phi) is 6.14. The highest BCUT2D eigenvalue weighted by atomic mass is 16.5. The second-order valence-corrected chi connectivity index (χ2v) is 9.71. The van der Waals surface area contributed by atoms with Gasteiger partial charge in [0.2, 0.25) is 0 Å². The molecule has 0 saturated carbocycles. The first-order valence-electron chi connectivity index (χ1n) is 13.2. The lowest BCUT2D eigenvalue weighted by Crippen LogP contribution is -2.36. The number of aromatic nitrogens is 6. The van der Waals surface area contributed by atoms with Crippen LogP contribution in [-0.2, 0) is 4.74 Å². The lowest BCUT2D eigenvalue weighted by molar-refractivity contribution is 0.122. The summed E-state index contributed by atoms with van der Waals surface area (Å²) in [5.41, 5.74) is 8.19. The van der Waals surface area contributed by atoms with Crippen LogP contribution < -0.4 is 15.5 Å². The van der Waals surface area contributed by atoms with Crippen molar-refractivity contribution in [2.75, 3.05) is 41.8 Å². The van der Waals surface area contributed by atoms with Crippen LogP contribution in [-0.4, -0.2) is 56.2 Å². The zero-order valence-corrected chi connectivity index (χ0v) is 21.9. The molecule has 5 aromatic heterocycles. The van der Waals surface area contributed by atoms with Crippen molar-refractivity contribution in [3.63, 3.8) is 0 Å². The number of H-pyrrole nitrogens is 1. The highest BCUT2D eigenvalue weighted by molar-refractivity contribution is 5.95. The lowest BCUT2D eigenvalue weighted by atomic mass is 10.1. The quantitative estimate of drug-likeness (QED) is 0.254. The molecule has 1 aromatic carbocycles. The Bertz CT molecular complexity index is 1810. The number of aryl methyl sites for hydroxylation is 1. The van der Waals surface area contributed by atoms with Gasteiger partial charge in [-0.15, -0.1) is 0 Å². The highest BCUT2D eigenvalue weighted by Crippen LogP contribution is 2.30. The maximum Gasteiger partial charge on any atom is 0.178 e. The van der Waals surface area contributed by atoms with E-state index in [1.54, 1.807) is 12.4 Å². The van der Waals surface area contributed by atoms with Crippen LogP contribution in [0.1, 0.15) is 5.69 Å². The summed E-state index contributed by atoms with van der Waals surface area (Å²) in [7, 11) is 0. The topological polar surface area (TPSA) is 117 Å². The molecular formula is C30H27N9O. The van der Waals surface area contributed by atoms with E-state index in [1.165, 1.54) is 5.69 Å². The summed E-state index contributed by atoms with van der Waals surface area (Å²) in [4.78, 5) is 28.4. The Hall–Kier alpha value is -5.09. The molecule has 0 aliphatic carbocycles. The van der Waals surface area contributed by atoms with E-state index in [2.05, 4.69) is 63.6 Å². The van der Waals surface area contributed by atoms with Gasteiger partial charge in [-0.05, 0) is 61.5 Å². The summed E-state index contributed by atoms with van der Waals surface area (Å²) < 4.78 is 5.51. The molecule has 0 spiro atoms. The highest BCUT2D eigenvalue weighted by Gasteiger charge is 2.13. The standard InChI is InChI=1S/C30H27N9O/c1-19-14-21(6-8-31-19)35-22-15-27-30(34-18-22)38-29(37-27)20-2-5-28(33-17-20)36-26-7-9-32-25-4-3-23(16-24(25)26)39-10-12-40-13-11-39/h2-9,14-18H,10-13H2,1H3,(H,31,35)(H,32,33,36)(H,34,37,38). The van der Waals surface area contributed by atoms with Gasteiger partial charge in [-0.25, -0.2) is 15.0 Å². The number of rotatable bonds is 6. The van der Waals surface area contributed by atoms with Crippen molar-refractivity contribution in [3.8, 4) is 11.4 Å². The number of hydrogen-bond acceptors (Lipinski definition) is 9. The van der Waals surface area contributed by atoms with Gasteiger partial charge in [-0.1, -0.05) is 0 Å². The number of imidazole rings is 1. The van der Waals surface area contributed by atoms with E-state index < -0.39 is 0 Å². The molecule has 7 rings (SSSR count). The number of aromatic amines is 1. The van der Waals surface area contributed by atoms with Crippen molar-refractivity contribution in [2.24, 2.45) is 0 Å². The first kappa shape index (κ1) is 24.0. The van der Waals surface area contributed by atoms with Crippen LogP contribution >= 0.6 is 0 Å². The molecule has 6 heterocycles. The largest absolute Gasteiger partial charge is 0.378 e. The van der Waals surface area contributed by atoms with Gasteiger partial charge < -0.3 is 25.3 Å². The molecule has 40 heavy (non-hydrogen) atoms. The molecule has 10 nitrogen and oxygen atoms in total. The van der Waals surface area contributed by atoms with Crippen molar-refractivity contribution in [1.29, 1.82) is 0 Å².